The third-order valence-electron chi connectivity index (χ3n) is 2.37. The predicted octanol–water partition coefficient (Wildman–Crippen LogP) is 3.32. The maximum Gasteiger partial charge on any atom is 0.261 e. The molecule has 6 heteroatoms. The Morgan fingerprint density at radius 3 is 2.89 bits per heavy atom. The fourth-order valence-electron chi connectivity index (χ4n) is 1.47. The molecule has 2 aromatic rings. The van der Waals surface area contributed by atoms with E-state index in [-0.39, 0.29) is 5.91 Å². The van der Waals surface area contributed by atoms with Crippen LogP contribution < -0.4 is 5.32 Å². The zero-order valence-electron chi connectivity index (χ0n) is 9.43. The van der Waals surface area contributed by atoms with E-state index in [0.717, 1.165) is 4.88 Å². The summed E-state index contributed by atoms with van der Waals surface area (Å²) in [7, 11) is 0. The lowest BCUT2D eigenvalue weighted by Crippen LogP contribution is -2.24. The van der Waals surface area contributed by atoms with E-state index in [2.05, 4.69) is 5.32 Å². The third-order valence-corrected chi connectivity index (χ3v) is 4.58. The standard InChI is InChI=1S/C12H12ClNO2S2/c13-11-4-3-10(18-11)12(16)14-6-5-8(15)9-2-1-7-17-9/h1-4,7-8,15H,5-6H2,(H,14,16). The molecule has 1 atom stereocenters. The summed E-state index contributed by atoms with van der Waals surface area (Å²) in [6.45, 7) is 0.438. The number of carbonyl (C=O) groups excluding carboxylic acids is 1. The highest BCUT2D eigenvalue weighted by atomic mass is 35.5. The van der Waals surface area contributed by atoms with E-state index in [1.54, 1.807) is 12.1 Å². The zero-order chi connectivity index (χ0) is 13.0. The van der Waals surface area contributed by atoms with E-state index >= 15 is 0 Å². The van der Waals surface area contributed by atoms with Gasteiger partial charge in [0.05, 0.1) is 15.3 Å². The number of thiophene rings is 2. The number of nitrogens with one attached hydrogen (secondary N) is 1. The van der Waals surface area contributed by atoms with Gasteiger partial charge in [0.15, 0.2) is 0 Å². The van der Waals surface area contributed by atoms with Crippen molar-refractivity contribution in [3.8, 4) is 0 Å². The molecule has 18 heavy (non-hydrogen) atoms. The Hall–Kier alpha value is -0.880. The Labute approximate surface area is 118 Å². The molecule has 3 nitrogen and oxygen atoms in total. The zero-order valence-corrected chi connectivity index (χ0v) is 11.8. The second-order valence-electron chi connectivity index (χ2n) is 3.68. The molecule has 1 unspecified atom stereocenters. The van der Waals surface area contributed by atoms with Gasteiger partial charge in [-0.1, -0.05) is 17.7 Å². The average molecular weight is 302 g/mol. The number of rotatable bonds is 5. The van der Waals surface area contributed by atoms with Gasteiger partial charge in [0.1, 0.15) is 0 Å². The molecule has 2 heterocycles. The lowest BCUT2D eigenvalue weighted by molar-refractivity contribution is 0.0947. The van der Waals surface area contributed by atoms with Crippen molar-refractivity contribution in [2.24, 2.45) is 0 Å². The molecule has 1 amide bonds. The van der Waals surface area contributed by atoms with Crippen molar-refractivity contribution in [1.29, 1.82) is 0 Å². The minimum Gasteiger partial charge on any atom is -0.388 e. The molecule has 0 saturated carbocycles. The van der Waals surface area contributed by atoms with Crippen LogP contribution >= 0.6 is 34.3 Å². The van der Waals surface area contributed by atoms with Crippen molar-refractivity contribution in [2.45, 2.75) is 12.5 Å². The van der Waals surface area contributed by atoms with Crippen molar-refractivity contribution in [3.63, 3.8) is 0 Å². The lowest BCUT2D eigenvalue weighted by atomic mass is 10.2. The second-order valence-corrected chi connectivity index (χ2v) is 6.37. The summed E-state index contributed by atoms with van der Waals surface area (Å²) in [6, 6.07) is 7.17. The monoisotopic (exact) mass is 301 g/mol. The van der Waals surface area contributed by atoms with Crippen LogP contribution in [-0.2, 0) is 0 Å². The number of aliphatic hydroxyl groups excluding tert-OH is 1. The Bertz CT molecular complexity index is 510. The summed E-state index contributed by atoms with van der Waals surface area (Å²) in [5, 5.41) is 14.5. The number of carbonyl (C=O) groups is 1. The number of hydrogen-bond acceptors (Lipinski definition) is 4. The molecule has 0 radical (unpaired) electrons. The van der Waals surface area contributed by atoms with Crippen LogP contribution in [0.4, 0.5) is 0 Å². The van der Waals surface area contributed by atoms with E-state index < -0.39 is 6.10 Å². The van der Waals surface area contributed by atoms with Gasteiger partial charge < -0.3 is 10.4 Å². The molecule has 0 spiro atoms. The van der Waals surface area contributed by atoms with Crippen LogP contribution in [0.5, 0.6) is 0 Å². The molecule has 2 aromatic heterocycles. The molecule has 0 aliphatic carbocycles. The van der Waals surface area contributed by atoms with E-state index in [0.29, 0.717) is 22.2 Å². The van der Waals surface area contributed by atoms with Crippen LogP contribution in [-0.4, -0.2) is 17.6 Å². The summed E-state index contributed by atoms with van der Waals surface area (Å²) in [6.07, 6.45) is -0.0111. The van der Waals surface area contributed by atoms with Gasteiger partial charge in [0.2, 0.25) is 0 Å². The number of hydrogen-bond donors (Lipinski definition) is 2. The smallest absolute Gasteiger partial charge is 0.261 e. The van der Waals surface area contributed by atoms with Crippen molar-refractivity contribution < 1.29 is 9.90 Å². The van der Waals surface area contributed by atoms with Gasteiger partial charge in [-0.3, -0.25) is 4.79 Å². The van der Waals surface area contributed by atoms with E-state index in [9.17, 15) is 9.90 Å². The molecule has 0 aromatic carbocycles. The highest BCUT2D eigenvalue weighted by molar-refractivity contribution is 7.18. The summed E-state index contributed by atoms with van der Waals surface area (Å²) in [5.41, 5.74) is 0. The number of amides is 1. The van der Waals surface area contributed by atoms with Gasteiger partial charge in [-0.15, -0.1) is 22.7 Å². The third kappa shape index (κ3) is 3.55. The maximum absolute atomic E-state index is 11.7. The SMILES string of the molecule is O=C(NCCC(O)c1cccs1)c1ccc(Cl)s1. The highest BCUT2D eigenvalue weighted by Crippen LogP contribution is 2.22. The van der Waals surface area contributed by atoms with Gasteiger partial charge in [-0.05, 0) is 30.0 Å². The molecule has 0 bridgehead atoms. The fourth-order valence-corrected chi connectivity index (χ4v) is 3.17. The minimum atomic E-state index is -0.516. The van der Waals surface area contributed by atoms with Crippen molar-refractivity contribution in [1.82, 2.24) is 5.32 Å². The first kappa shape index (κ1) is 13.5. The van der Waals surface area contributed by atoms with Crippen LogP contribution in [0, 0.1) is 0 Å². The van der Waals surface area contributed by atoms with Crippen LogP contribution in [0.1, 0.15) is 27.1 Å². The molecule has 0 saturated heterocycles. The van der Waals surface area contributed by atoms with Crippen LogP contribution in [0.25, 0.3) is 0 Å². The summed E-state index contributed by atoms with van der Waals surface area (Å²) < 4.78 is 0.596. The second kappa shape index (κ2) is 6.33. The van der Waals surface area contributed by atoms with Crippen LogP contribution in [0.15, 0.2) is 29.6 Å². The van der Waals surface area contributed by atoms with Crippen molar-refractivity contribution >= 4 is 40.2 Å². The first-order valence-electron chi connectivity index (χ1n) is 5.42. The molecular weight excluding hydrogens is 290 g/mol. The fraction of sp³-hybridized carbons (Fsp3) is 0.250. The summed E-state index contributed by atoms with van der Waals surface area (Å²) >= 11 is 8.51. The van der Waals surface area contributed by atoms with Crippen molar-refractivity contribution in [2.75, 3.05) is 6.54 Å². The number of aliphatic hydroxyl groups is 1. The molecule has 0 aliphatic rings. The normalized spacial score (nSPS) is 12.3. The minimum absolute atomic E-state index is 0.148. The highest BCUT2D eigenvalue weighted by Gasteiger charge is 2.11. The molecule has 2 rings (SSSR count). The van der Waals surface area contributed by atoms with Gasteiger partial charge in [0, 0.05) is 11.4 Å². The molecule has 2 N–H and O–H groups in total. The van der Waals surface area contributed by atoms with Gasteiger partial charge in [0.25, 0.3) is 5.91 Å². The topological polar surface area (TPSA) is 49.3 Å². The summed E-state index contributed by atoms with van der Waals surface area (Å²) in [4.78, 5) is 13.2. The average Bonchev–Trinajstić information content (AvgIpc) is 2.99. The van der Waals surface area contributed by atoms with Gasteiger partial charge >= 0.3 is 0 Å². The first-order chi connectivity index (χ1) is 8.66. The number of halogens is 1. The Kier molecular flexibility index (Phi) is 4.77. The lowest BCUT2D eigenvalue weighted by Gasteiger charge is -2.08. The largest absolute Gasteiger partial charge is 0.388 e. The maximum atomic E-state index is 11.7. The van der Waals surface area contributed by atoms with E-state index in [4.69, 9.17) is 11.6 Å². The Morgan fingerprint density at radius 1 is 1.44 bits per heavy atom. The van der Waals surface area contributed by atoms with Crippen LogP contribution in [0.2, 0.25) is 4.34 Å². The first-order valence-corrected chi connectivity index (χ1v) is 7.49. The molecule has 0 aliphatic heterocycles. The van der Waals surface area contributed by atoms with Gasteiger partial charge in [-0.2, -0.15) is 0 Å². The van der Waals surface area contributed by atoms with Gasteiger partial charge in [-0.25, -0.2) is 0 Å². The quantitative estimate of drug-likeness (QED) is 0.890. The Morgan fingerprint density at radius 2 is 2.28 bits per heavy atom. The molecule has 96 valence electrons. The molecular formula is C12H12ClNO2S2. The van der Waals surface area contributed by atoms with Crippen molar-refractivity contribution in [3.05, 3.63) is 43.7 Å². The molecule has 0 fully saturated rings. The van der Waals surface area contributed by atoms with Crippen LogP contribution in [0.3, 0.4) is 0 Å². The van der Waals surface area contributed by atoms with E-state index in [1.165, 1.54) is 22.7 Å². The summed E-state index contributed by atoms with van der Waals surface area (Å²) in [5.74, 6) is -0.148. The Balaban J connectivity index is 1.77. The predicted molar refractivity (Wildman–Crippen MR) is 75.6 cm³/mol. The van der Waals surface area contributed by atoms with E-state index in [1.807, 2.05) is 17.5 Å².